The van der Waals surface area contributed by atoms with Gasteiger partial charge in [0.1, 0.15) is 5.69 Å². The fraction of sp³-hybridized carbons (Fsp3) is 0.154. The predicted molar refractivity (Wildman–Crippen MR) is 79.8 cm³/mol. The van der Waals surface area contributed by atoms with Gasteiger partial charge in [-0.15, -0.1) is 0 Å². The molecule has 1 aromatic carbocycles. The van der Waals surface area contributed by atoms with Gasteiger partial charge in [0, 0.05) is 11.1 Å². The number of nitrogen functional groups attached to an aromatic ring is 1. The van der Waals surface area contributed by atoms with Crippen LogP contribution < -0.4 is 16.8 Å². The normalized spacial score (nSPS) is 10.9. The van der Waals surface area contributed by atoms with Gasteiger partial charge in [-0.2, -0.15) is 0 Å². The quantitative estimate of drug-likeness (QED) is 0.563. The summed E-state index contributed by atoms with van der Waals surface area (Å²) in [6.45, 7) is 2.19. The topological polar surface area (TPSA) is 85.8 Å². The highest BCUT2D eigenvalue weighted by molar-refractivity contribution is 7.15. The molecule has 0 atom stereocenters. The van der Waals surface area contributed by atoms with Crippen molar-refractivity contribution >= 4 is 27.5 Å². The monoisotopic (exact) mass is 287 g/mol. The number of aromatic nitrogens is 3. The lowest BCUT2D eigenvalue weighted by Gasteiger charge is -2.09. The molecular weight excluding hydrogens is 274 g/mol. The second kappa shape index (κ2) is 5.03. The highest BCUT2D eigenvalue weighted by Gasteiger charge is 2.09. The predicted octanol–water partition coefficient (Wildman–Crippen LogP) is 1.50. The summed E-state index contributed by atoms with van der Waals surface area (Å²) in [5.74, 6) is 5.32. The second-order valence-corrected chi connectivity index (χ2v) is 5.47. The minimum atomic E-state index is -0.0839. The van der Waals surface area contributed by atoms with Crippen molar-refractivity contribution in [1.29, 1.82) is 0 Å². The highest BCUT2D eigenvalue weighted by atomic mass is 32.1. The van der Waals surface area contributed by atoms with Crippen LogP contribution in [0, 0.1) is 6.92 Å². The van der Waals surface area contributed by atoms with Crippen molar-refractivity contribution in [3.63, 3.8) is 0 Å². The molecule has 0 aliphatic carbocycles. The molecule has 0 aliphatic heterocycles. The average molecular weight is 287 g/mol. The van der Waals surface area contributed by atoms with Crippen molar-refractivity contribution in [2.24, 2.45) is 5.84 Å². The van der Waals surface area contributed by atoms with E-state index in [-0.39, 0.29) is 5.56 Å². The fourth-order valence-corrected chi connectivity index (χ4v) is 2.79. The van der Waals surface area contributed by atoms with Crippen LogP contribution in [-0.2, 0) is 6.54 Å². The van der Waals surface area contributed by atoms with Crippen LogP contribution in [0.5, 0.6) is 0 Å². The van der Waals surface area contributed by atoms with E-state index >= 15 is 0 Å². The molecule has 7 heteroatoms. The minimum Gasteiger partial charge on any atom is -0.300 e. The standard InChI is InChI=1S/C13H13N5OS/c1-8-12(19)18(7-9-6-15-13(17-14)20-9)11-5-3-2-4-10(11)16-8/h2-6H,7,14H2,1H3,(H,15,17). The van der Waals surface area contributed by atoms with Gasteiger partial charge in [0.05, 0.1) is 17.6 Å². The summed E-state index contributed by atoms with van der Waals surface area (Å²) in [6, 6.07) is 7.60. The van der Waals surface area contributed by atoms with Gasteiger partial charge in [-0.1, -0.05) is 23.5 Å². The molecule has 0 radical (unpaired) electrons. The molecule has 0 amide bonds. The first kappa shape index (κ1) is 12.8. The second-order valence-electron chi connectivity index (χ2n) is 4.35. The molecule has 0 saturated carbocycles. The molecule has 0 fully saturated rings. The van der Waals surface area contributed by atoms with Crippen molar-refractivity contribution in [3.8, 4) is 0 Å². The first-order valence-corrected chi connectivity index (χ1v) is 6.88. The van der Waals surface area contributed by atoms with Crippen molar-refractivity contribution in [2.75, 3.05) is 5.43 Å². The number of hydrogen-bond acceptors (Lipinski definition) is 6. The molecule has 102 valence electrons. The SMILES string of the molecule is Cc1nc2ccccc2n(Cc2cnc(NN)s2)c1=O. The average Bonchev–Trinajstić information content (AvgIpc) is 2.91. The lowest BCUT2D eigenvalue weighted by atomic mass is 10.2. The van der Waals surface area contributed by atoms with Gasteiger partial charge in [-0.3, -0.25) is 14.8 Å². The highest BCUT2D eigenvalue weighted by Crippen LogP contribution is 2.19. The van der Waals surface area contributed by atoms with Gasteiger partial charge in [-0.05, 0) is 19.1 Å². The van der Waals surface area contributed by atoms with Crippen LogP contribution in [0.2, 0.25) is 0 Å². The van der Waals surface area contributed by atoms with Crippen LogP contribution in [-0.4, -0.2) is 14.5 Å². The van der Waals surface area contributed by atoms with Crippen LogP contribution in [0.25, 0.3) is 11.0 Å². The number of para-hydroxylation sites is 2. The molecule has 2 aromatic heterocycles. The Morgan fingerprint density at radius 3 is 2.95 bits per heavy atom. The Morgan fingerprint density at radius 2 is 2.20 bits per heavy atom. The molecule has 0 unspecified atom stereocenters. The molecule has 20 heavy (non-hydrogen) atoms. The first-order chi connectivity index (χ1) is 9.69. The van der Waals surface area contributed by atoms with Gasteiger partial charge >= 0.3 is 0 Å². The number of hydrogen-bond donors (Lipinski definition) is 2. The summed E-state index contributed by atoms with van der Waals surface area (Å²) < 4.78 is 1.71. The summed E-state index contributed by atoms with van der Waals surface area (Å²) in [7, 11) is 0. The molecule has 2 heterocycles. The molecular formula is C13H13N5OS. The van der Waals surface area contributed by atoms with E-state index in [9.17, 15) is 4.79 Å². The molecule has 0 aliphatic rings. The summed E-state index contributed by atoms with van der Waals surface area (Å²) in [5.41, 5.74) is 4.54. The zero-order valence-corrected chi connectivity index (χ0v) is 11.6. The largest absolute Gasteiger partial charge is 0.300 e. The molecule has 3 N–H and O–H groups in total. The van der Waals surface area contributed by atoms with E-state index in [1.54, 1.807) is 17.7 Å². The third-order valence-corrected chi connectivity index (χ3v) is 3.92. The number of benzene rings is 1. The number of anilines is 1. The maximum Gasteiger partial charge on any atom is 0.272 e. The van der Waals surface area contributed by atoms with Gasteiger partial charge in [-0.25, -0.2) is 15.8 Å². The van der Waals surface area contributed by atoms with Gasteiger partial charge in [0.25, 0.3) is 5.56 Å². The van der Waals surface area contributed by atoms with Crippen molar-refractivity contribution in [1.82, 2.24) is 14.5 Å². The number of aryl methyl sites for hydroxylation is 1. The zero-order valence-electron chi connectivity index (χ0n) is 10.8. The number of nitrogens with zero attached hydrogens (tertiary/aromatic N) is 3. The molecule has 0 saturated heterocycles. The number of rotatable bonds is 3. The summed E-state index contributed by atoms with van der Waals surface area (Å²) in [5, 5.41) is 0.628. The van der Waals surface area contributed by atoms with E-state index in [1.165, 1.54) is 11.3 Å². The Bertz CT molecular complexity index is 823. The smallest absolute Gasteiger partial charge is 0.272 e. The van der Waals surface area contributed by atoms with Crippen LogP contribution in [0.4, 0.5) is 5.13 Å². The summed E-state index contributed by atoms with van der Waals surface area (Å²) >= 11 is 1.42. The van der Waals surface area contributed by atoms with Gasteiger partial charge in [0.15, 0.2) is 5.13 Å². The van der Waals surface area contributed by atoms with Crippen molar-refractivity contribution in [3.05, 3.63) is 51.4 Å². The number of thiazole rings is 1. The maximum absolute atomic E-state index is 12.3. The number of nitrogens with two attached hydrogens (primary N) is 1. The molecule has 6 nitrogen and oxygen atoms in total. The van der Waals surface area contributed by atoms with Crippen LogP contribution in [0.1, 0.15) is 10.6 Å². The van der Waals surface area contributed by atoms with Crippen LogP contribution in [0.15, 0.2) is 35.3 Å². The third kappa shape index (κ3) is 2.17. The minimum absolute atomic E-state index is 0.0839. The third-order valence-electron chi connectivity index (χ3n) is 3.01. The molecule has 0 spiro atoms. The Hall–Kier alpha value is -2.25. The first-order valence-electron chi connectivity index (χ1n) is 6.06. The number of nitrogens with one attached hydrogen (secondary N) is 1. The molecule has 3 rings (SSSR count). The summed E-state index contributed by atoms with van der Waals surface area (Å²) in [4.78, 5) is 21.7. The lowest BCUT2D eigenvalue weighted by molar-refractivity contribution is 0.785. The van der Waals surface area contributed by atoms with E-state index in [4.69, 9.17) is 5.84 Å². The van der Waals surface area contributed by atoms with E-state index in [0.717, 1.165) is 15.9 Å². The van der Waals surface area contributed by atoms with E-state index < -0.39 is 0 Å². The van der Waals surface area contributed by atoms with Crippen LogP contribution in [0.3, 0.4) is 0 Å². The fourth-order valence-electron chi connectivity index (χ4n) is 2.08. The molecule has 3 aromatic rings. The van der Waals surface area contributed by atoms with E-state index in [0.29, 0.717) is 17.4 Å². The lowest BCUT2D eigenvalue weighted by Crippen LogP contribution is -2.24. The van der Waals surface area contributed by atoms with Crippen molar-refractivity contribution in [2.45, 2.75) is 13.5 Å². The molecule has 0 bridgehead atoms. The summed E-state index contributed by atoms with van der Waals surface area (Å²) in [6.07, 6.45) is 1.72. The van der Waals surface area contributed by atoms with Crippen molar-refractivity contribution < 1.29 is 0 Å². The van der Waals surface area contributed by atoms with E-state index in [1.807, 2.05) is 24.3 Å². The Morgan fingerprint density at radius 1 is 1.40 bits per heavy atom. The zero-order chi connectivity index (χ0) is 14.1. The number of fused-ring (bicyclic) bond motifs is 1. The Balaban J connectivity index is 2.14. The Labute approximate surface area is 118 Å². The number of hydrazine groups is 1. The van der Waals surface area contributed by atoms with Gasteiger partial charge in [0.2, 0.25) is 0 Å². The van der Waals surface area contributed by atoms with E-state index in [2.05, 4.69) is 15.4 Å². The van der Waals surface area contributed by atoms with Gasteiger partial charge < -0.3 is 0 Å². The Kier molecular flexibility index (Phi) is 3.21. The van der Waals surface area contributed by atoms with Crippen LogP contribution >= 0.6 is 11.3 Å². The maximum atomic E-state index is 12.3.